The lowest BCUT2D eigenvalue weighted by molar-refractivity contribution is 0.170. The highest BCUT2D eigenvalue weighted by Crippen LogP contribution is 2.40. The van der Waals surface area contributed by atoms with Gasteiger partial charge in [-0.3, -0.25) is 0 Å². The molecule has 2 aliphatic rings. The molecule has 21 heavy (non-hydrogen) atoms. The van der Waals surface area contributed by atoms with Gasteiger partial charge in [0.2, 0.25) is 0 Å². The van der Waals surface area contributed by atoms with Crippen LogP contribution in [-0.2, 0) is 12.8 Å². The van der Waals surface area contributed by atoms with Gasteiger partial charge in [-0.1, -0.05) is 0 Å². The molecule has 6 heteroatoms. The van der Waals surface area contributed by atoms with E-state index in [-0.39, 0.29) is 6.61 Å². The zero-order valence-corrected chi connectivity index (χ0v) is 12.8. The van der Waals surface area contributed by atoms with Gasteiger partial charge in [-0.25, -0.2) is 9.97 Å². The molecule has 1 saturated heterocycles. The number of anilines is 1. The molecule has 0 radical (unpaired) electrons. The van der Waals surface area contributed by atoms with E-state index in [0.29, 0.717) is 0 Å². The molecule has 4 rings (SSSR count). The monoisotopic (exact) mass is 304 g/mol. The Kier molecular flexibility index (Phi) is 3.13. The number of aliphatic hydroxyl groups excluding tert-OH is 1. The lowest BCUT2D eigenvalue weighted by Gasteiger charge is -2.38. The van der Waals surface area contributed by atoms with Crippen LogP contribution in [0.25, 0.3) is 10.2 Å². The molecule has 1 fully saturated rings. The fourth-order valence-corrected chi connectivity index (χ4v) is 4.70. The highest BCUT2D eigenvalue weighted by atomic mass is 32.1. The van der Waals surface area contributed by atoms with Crippen molar-refractivity contribution in [3.8, 4) is 0 Å². The van der Waals surface area contributed by atoms with Crippen LogP contribution < -0.4 is 10.6 Å². The molecule has 1 aliphatic heterocycles. The average Bonchev–Trinajstić information content (AvgIpc) is 3.08. The first kappa shape index (κ1) is 13.4. The van der Waals surface area contributed by atoms with Gasteiger partial charge >= 0.3 is 0 Å². The van der Waals surface area contributed by atoms with Crippen molar-refractivity contribution in [3.05, 3.63) is 16.8 Å². The second kappa shape index (κ2) is 4.90. The Balaban J connectivity index is 1.71. The van der Waals surface area contributed by atoms with Crippen molar-refractivity contribution in [2.24, 2.45) is 5.73 Å². The number of thiophene rings is 1. The van der Waals surface area contributed by atoms with E-state index in [9.17, 15) is 5.11 Å². The molecule has 0 unspecified atom stereocenters. The van der Waals surface area contributed by atoms with Crippen molar-refractivity contribution in [2.45, 2.75) is 37.6 Å². The number of rotatable bonds is 2. The summed E-state index contributed by atoms with van der Waals surface area (Å²) in [6.07, 6.45) is 6.89. The molecule has 2 aromatic rings. The van der Waals surface area contributed by atoms with Crippen LogP contribution >= 0.6 is 11.3 Å². The van der Waals surface area contributed by atoms with E-state index in [1.807, 2.05) is 11.3 Å². The topological polar surface area (TPSA) is 75.3 Å². The number of nitrogens with zero attached hydrogens (tertiary/aromatic N) is 3. The van der Waals surface area contributed by atoms with Gasteiger partial charge < -0.3 is 15.7 Å². The zero-order chi connectivity index (χ0) is 14.4. The van der Waals surface area contributed by atoms with Gasteiger partial charge in [0.1, 0.15) is 17.0 Å². The highest BCUT2D eigenvalue weighted by molar-refractivity contribution is 7.19. The molecular formula is C15H20N4OS. The van der Waals surface area contributed by atoms with E-state index in [1.165, 1.54) is 28.7 Å². The van der Waals surface area contributed by atoms with Crippen LogP contribution in [-0.4, -0.2) is 40.3 Å². The predicted molar refractivity (Wildman–Crippen MR) is 84.9 cm³/mol. The lowest BCUT2D eigenvalue weighted by atomic mass is 9.89. The van der Waals surface area contributed by atoms with Crippen molar-refractivity contribution in [1.82, 2.24) is 9.97 Å². The summed E-state index contributed by atoms with van der Waals surface area (Å²) in [5, 5.41) is 10.7. The maximum atomic E-state index is 9.41. The Bertz CT molecular complexity index is 676. The Labute approximate surface area is 127 Å². The summed E-state index contributed by atoms with van der Waals surface area (Å²) in [4.78, 5) is 14.0. The van der Waals surface area contributed by atoms with Crippen LogP contribution in [0.1, 0.15) is 29.7 Å². The van der Waals surface area contributed by atoms with Crippen LogP contribution in [0.15, 0.2) is 6.33 Å². The Hall–Kier alpha value is -1.24. The Morgan fingerprint density at radius 2 is 2.10 bits per heavy atom. The van der Waals surface area contributed by atoms with E-state index in [4.69, 9.17) is 5.73 Å². The number of hydrogen-bond acceptors (Lipinski definition) is 6. The van der Waals surface area contributed by atoms with Crippen LogP contribution in [0, 0.1) is 0 Å². The summed E-state index contributed by atoms with van der Waals surface area (Å²) in [5.41, 5.74) is 7.23. The summed E-state index contributed by atoms with van der Waals surface area (Å²) in [6, 6.07) is 0. The van der Waals surface area contributed by atoms with Crippen molar-refractivity contribution in [1.29, 1.82) is 0 Å². The summed E-state index contributed by atoms with van der Waals surface area (Å²) in [5.74, 6) is 1.07. The maximum Gasteiger partial charge on any atom is 0.141 e. The van der Waals surface area contributed by atoms with Crippen LogP contribution in [0.4, 0.5) is 5.82 Å². The first-order valence-electron chi connectivity index (χ1n) is 7.60. The predicted octanol–water partition coefficient (Wildman–Crippen LogP) is 1.47. The van der Waals surface area contributed by atoms with Gasteiger partial charge in [0.25, 0.3) is 0 Å². The molecule has 0 aromatic carbocycles. The smallest absolute Gasteiger partial charge is 0.141 e. The minimum absolute atomic E-state index is 0.0634. The van der Waals surface area contributed by atoms with Crippen molar-refractivity contribution < 1.29 is 5.11 Å². The maximum absolute atomic E-state index is 9.41. The molecule has 0 saturated carbocycles. The van der Waals surface area contributed by atoms with Gasteiger partial charge in [-0.2, -0.15) is 0 Å². The van der Waals surface area contributed by atoms with Gasteiger partial charge in [-0.15, -0.1) is 11.3 Å². The molecule has 0 bridgehead atoms. The number of hydrogen-bond donors (Lipinski definition) is 2. The quantitative estimate of drug-likeness (QED) is 0.879. The lowest BCUT2D eigenvalue weighted by Crippen LogP contribution is -2.53. The van der Waals surface area contributed by atoms with Gasteiger partial charge in [0, 0.05) is 23.5 Å². The minimum Gasteiger partial charge on any atom is -0.394 e. The van der Waals surface area contributed by atoms with Gasteiger partial charge in [-0.05, 0) is 37.7 Å². The Morgan fingerprint density at radius 1 is 1.29 bits per heavy atom. The summed E-state index contributed by atoms with van der Waals surface area (Å²) in [7, 11) is 0. The van der Waals surface area contributed by atoms with E-state index in [2.05, 4.69) is 14.9 Å². The van der Waals surface area contributed by atoms with E-state index in [0.717, 1.165) is 43.0 Å². The number of nitrogens with two attached hydrogens (primary N) is 1. The number of aliphatic hydroxyl groups is 1. The molecule has 0 spiro atoms. The van der Waals surface area contributed by atoms with Crippen molar-refractivity contribution >= 4 is 27.4 Å². The fourth-order valence-electron chi connectivity index (χ4n) is 3.47. The largest absolute Gasteiger partial charge is 0.394 e. The van der Waals surface area contributed by atoms with Crippen molar-refractivity contribution in [2.75, 3.05) is 24.6 Å². The molecule has 1 aliphatic carbocycles. The van der Waals surface area contributed by atoms with E-state index in [1.54, 1.807) is 6.33 Å². The fraction of sp³-hybridized carbons (Fsp3) is 0.600. The van der Waals surface area contributed by atoms with E-state index < -0.39 is 5.54 Å². The highest BCUT2D eigenvalue weighted by Gasteiger charge is 2.32. The third-order valence-corrected chi connectivity index (χ3v) is 6.05. The number of aromatic nitrogens is 2. The number of piperidine rings is 1. The molecule has 112 valence electrons. The molecule has 3 heterocycles. The summed E-state index contributed by atoms with van der Waals surface area (Å²) in [6.45, 7) is 1.77. The van der Waals surface area contributed by atoms with Crippen LogP contribution in [0.3, 0.4) is 0 Å². The SMILES string of the molecule is NC1(CO)CCN(c2ncnc3sc4c(c23)CCC4)CC1. The molecular weight excluding hydrogens is 284 g/mol. The van der Waals surface area contributed by atoms with Crippen molar-refractivity contribution in [3.63, 3.8) is 0 Å². The second-order valence-electron chi connectivity index (χ2n) is 6.24. The first-order chi connectivity index (χ1) is 10.2. The number of fused-ring (bicyclic) bond motifs is 3. The molecule has 0 amide bonds. The molecule has 5 nitrogen and oxygen atoms in total. The molecule has 3 N–H and O–H groups in total. The van der Waals surface area contributed by atoms with E-state index >= 15 is 0 Å². The zero-order valence-electron chi connectivity index (χ0n) is 12.0. The Morgan fingerprint density at radius 3 is 2.86 bits per heavy atom. The first-order valence-corrected chi connectivity index (χ1v) is 8.42. The van der Waals surface area contributed by atoms with Gasteiger partial charge in [0.15, 0.2) is 0 Å². The standard InChI is InChI=1S/C15H20N4OS/c16-15(8-20)4-6-19(7-5-15)13-12-10-2-1-3-11(10)21-14(12)18-9-17-13/h9,20H,1-8,16H2. The van der Waals surface area contributed by atoms with Crippen LogP contribution in [0.2, 0.25) is 0 Å². The summed E-state index contributed by atoms with van der Waals surface area (Å²) < 4.78 is 0. The normalized spacial score (nSPS) is 21.0. The number of aryl methyl sites for hydroxylation is 2. The second-order valence-corrected chi connectivity index (χ2v) is 7.33. The summed E-state index contributed by atoms with van der Waals surface area (Å²) >= 11 is 1.83. The third-order valence-electron chi connectivity index (χ3n) is 4.85. The minimum atomic E-state index is -0.417. The average molecular weight is 304 g/mol. The molecule has 2 aromatic heterocycles. The third kappa shape index (κ3) is 2.13. The molecule has 0 atom stereocenters. The van der Waals surface area contributed by atoms with Gasteiger partial charge in [0.05, 0.1) is 12.0 Å². The van der Waals surface area contributed by atoms with Crippen LogP contribution in [0.5, 0.6) is 0 Å².